The highest BCUT2D eigenvalue weighted by Crippen LogP contribution is 2.29. The minimum Gasteiger partial charge on any atom is -0.368 e. The molecule has 0 unspecified atom stereocenters. The Kier molecular flexibility index (Phi) is 5.20. The zero-order valence-corrected chi connectivity index (χ0v) is 13.8. The lowest BCUT2D eigenvalue weighted by Gasteiger charge is -2.10. The molecule has 0 aliphatic heterocycles. The van der Waals surface area contributed by atoms with Gasteiger partial charge in [0.05, 0.1) is 11.1 Å². The van der Waals surface area contributed by atoms with Crippen LogP contribution in [-0.2, 0) is 6.18 Å². The van der Waals surface area contributed by atoms with Gasteiger partial charge in [-0.1, -0.05) is 0 Å². The first kappa shape index (κ1) is 18.6. The van der Waals surface area contributed by atoms with Gasteiger partial charge in [0.2, 0.25) is 0 Å². The van der Waals surface area contributed by atoms with Gasteiger partial charge >= 0.3 is 6.18 Å². The van der Waals surface area contributed by atoms with Crippen molar-refractivity contribution >= 4 is 22.6 Å². The number of alkyl halides is 3. The van der Waals surface area contributed by atoms with E-state index in [1.165, 1.54) is 24.5 Å². The molecular formula is C18H14F4N4O. The van der Waals surface area contributed by atoms with Crippen molar-refractivity contribution in [3.05, 3.63) is 65.7 Å². The van der Waals surface area contributed by atoms with Crippen molar-refractivity contribution in [2.75, 3.05) is 18.4 Å². The Labute approximate surface area is 151 Å². The second kappa shape index (κ2) is 7.56. The fraction of sp³-hybridized carbons (Fsp3) is 0.167. The number of fused-ring (bicyclic) bond motifs is 1. The van der Waals surface area contributed by atoms with Crippen molar-refractivity contribution in [3.8, 4) is 0 Å². The van der Waals surface area contributed by atoms with E-state index in [-0.39, 0.29) is 18.7 Å². The Hall–Kier alpha value is -3.23. The van der Waals surface area contributed by atoms with Crippen LogP contribution < -0.4 is 10.6 Å². The summed E-state index contributed by atoms with van der Waals surface area (Å²) in [4.78, 5) is 20.1. The highest BCUT2D eigenvalue weighted by Gasteiger charge is 2.30. The van der Waals surface area contributed by atoms with Gasteiger partial charge in [-0.3, -0.25) is 4.79 Å². The topological polar surface area (TPSA) is 66.9 Å². The molecule has 0 saturated heterocycles. The molecule has 140 valence electrons. The third-order valence-electron chi connectivity index (χ3n) is 3.77. The van der Waals surface area contributed by atoms with Crippen LogP contribution >= 0.6 is 0 Å². The quantitative estimate of drug-likeness (QED) is 0.526. The van der Waals surface area contributed by atoms with Gasteiger partial charge in [-0.2, -0.15) is 13.2 Å². The third kappa shape index (κ3) is 4.49. The first-order valence-electron chi connectivity index (χ1n) is 7.94. The lowest BCUT2D eigenvalue weighted by atomic mass is 10.1. The first-order valence-corrected chi connectivity index (χ1v) is 7.94. The number of amides is 1. The summed E-state index contributed by atoms with van der Waals surface area (Å²) in [5.41, 5.74) is -0.121. The molecular weight excluding hydrogens is 364 g/mol. The van der Waals surface area contributed by atoms with Gasteiger partial charge in [-0.25, -0.2) is 14.4 Å². The number of nitrogens with one attached hydrogen (secondary N) is 2. The molecule has 9 heteroatoms. The molecule has 2 N–H and O–H groups in total. The summed E-state index contributed by atoms with van der Waals surface area (Å²) in [7, 11) is 0. The van der Waals surface area contributed by atoms with Gasteiger partial charge in [-0.15, -0.1) is 0 Å². The van der Waals surface area contributed by atoms with E-state index >= 15 is 0 Å². The van der Waals surface area contributed by atoms with Gasteiger partial charge in [0.25, 0.3) is 5.91 Å². The molecule has 0 atom stereocenters. The number of carbonyl (C=O) groups is 1. The van der Waals surface area contributed by atoms with Gasteiger partial charge in [-0.05, 0) is 42.5 Å². The average Bonchev–Trinajstić information content (AvgIpc) is 2.64. The lowest BCUT2D eigenvalue weighted by Crippen LogP contribution is -2.29. The Balaban J connectivity index is 1.56. The zero-order chi connectivity index (χ0) is 19.4. The van der Waals surface area contributed by atoms with E-state index in [2.05, 4.69) is 20.6 Å². The second-order valence-corrected chi connectivity index (χ2v) is 5.64. The molecule has 2 aromatic carbocycles. The molecule has 1 amide bonds. The number of rotatable bonds is 5. The zero-order valence-electron chi connectivity index (χ0n) is 13.8. The van der Waals surface area contributed by atoms with Crippen LogP contribution in [0, 0.1) is 5.82 Å². The molecule has 0 saturated carbocycles. The van der Waals surface area contributed by atoms with Gasteiger partial charge in [0.15, 0.2) is 0 Å². The van der Waals surface area contributed by atoms with Crippen LogP contribution in [0.5, 0.6) is 0 Å². The second-order valence-electron chi connectivity index (χ2n) is 5.64. The van der Waals surface area contributed by atoms with Gasteiger partial charge in [0, 0.05) is 24.0 Å². The molecule has 3 rings (SSSR count). The molecule has 5 nitrogen and oxygen atoms in total. The van der Waals surface area contributed by atoms with Crippen LogP contribution in [0.15, 0.2) is 48.8 Å². The lowest BCUT2D eigenvalue weighted by molar-refractivity contribution is -0.137. The van der Waals surface area contributed by atoms with Gasteiger partial charge in [0.1, 0.15) is 18.0 Å². The molecule has 27 heavy (non-hydrogen) atoms. The first-order chi connectivity index (χ1) is 12.8. The van der Waals surface area contributed by atoms with Crippen molar-refractivity contribution < 1.29 is 22.4 Å². The van der Waals surface area contributed by atoms with Gasteiger partial charge < -0.3 is 10.6 Å². The van der Waals surface area contributed by atoms with Crippen molar-refractivity contribution in [1.29, 1.82) is 0 Å². The van der Waals surface area contributed by atoms with E-state index in [1.807, 2.05) is 0 Å². The van der Waals surface area contributed by atoms with Crippen LogP contribution in [0.3, 0.4) is 0 Å². The number of nitrogens with zero attached hydrogens (tertiary/aromatic N) is 2. The minimum absolute atomic E-state index is 0.123. The SMILES string of the molecule is O=C(NCCNc1ncnc2ccc(F)cc12)c1ccc(C(F)(F)F)cc1. The normalized spacial score (nSPS) is 11.4. The predicted molar refractivity (Wildman–Crippen MR) is 91.8 cm³/mol. The number of aromatic nitrogens is 2. The fourth-order valence-corrected chi connectivity index (χ4v) is 2.44. The summed E-state index contributed by atoms with van der Waals surface area (Å²) in [5, 5.41) is 6.06. The molecule has 1 aromatic heterocycles. The number of anilines is 1. The maximum Gasteiger partial charge on any atom is 0.416 e. The van der Waals surface area contributed by atoms with Crippen LogP contribution in [0.4, 0.5) is 23.4 Å². The number of hydrogen-bond acceptors (Lipinski definition) is 4. The maximum atomic E-state index is 13.4. The predicted octanol–water partition coefficient (Wildman–Crippen LogP) is 3.63. The Morgan fingerprint density at radius 3 is 2.44 bits per heavy atom. The van der Waals surface area contributed by atoms with Crippen LogP contribution in [0.1, 0.15) is 15.9 Å². The van der Waals surface area contributed by atoms with E-state index in [4.69, 9.17) is 0 Å². The third-order valence-corrected chi connectivity index (χ3v) is 3.77. The standard InChI is InChI=1S/C18H14F4N4O/c19-13-5-6-15-14(9-13)16(26-10-25-15)23-7-8-24-17(27)11-1-3-12(4-2-11)18(20,21)22/h1-6,9-10H,7-8H2,(H,24,27)(H,23,25,26). The van der Waals surface area contributed by atoms with Crippen molar-refractivity contribution in [2.24, 2.45) is 0 Å². The van der Waals surface area contributed by atoms with E-state index in [0.29, 0.717) is 16.7 Å². The van der Waals surface area contributed by atoms with E-state index in [9.17, 15) is 22.4 Å². The van der Waals surface area contributed by atoms with E-state index in [1.54, 1.807) is 0 Å². The molecule has 1 heterocycles. The molecule has 0 aliphatic carbocycles. The molecule has 0 aliphatic rings. The molecule has 0 fully saturated rings. The Bertz CT molecular complexity index is 958. The number of carbonyl (C=O) groups excluding carboxylic acids is 1. The maximum absolute atomic E-state index is 13.4. The van der Waals surface area contributed by atoms with Crippen LogP contribution in [0.25, 0.3) is 10.9 Å². The summed E-state index contributed by atoms with van der Waals surface area (Å²) in [6.45, 7) is 0.482. The Morgan fingerprint density at radius 2 is 1.74 bits per heavy atom. The molecule has 0 spiro atoms. The fourth-order valence-electron chi connectivity index (χ4n) is 2.44. The Morgan fingerprint density at radius 1 is 1.00 bits per heavy atom. The number of hydrogen-bond donors (Lipinski definition) is 2. The van der Waals surface area contributed by atoms with Crippen molar-refractivity contribution in [1.82, 2.24) is 15.3 Å². The summed E-state index contributed by atoms with van der Waals surface area (Å²) in [6.07, 6.45) is -3.11. The van der Waals surface area contributed by atoms with E-state index in [0.717, 1.165) is 24.3 Å². The highest BCUT2D eigenvalue weighted by molar-refractivity contribution is 5.94. The summed E-state index contributed by atoms with van der Waals surface area (Å²) in [6, 6.07) is 8.08. The van der Waals surface area contributed by atoms with Crippen molar-refractivity contribution in [2.45, 2.75) is 6.18 Å². The molecule has 0 bridgehead atoms. The van der Waals surface area contributed by atoms with Crippen molar-refractivity contribution in [3.63, 3.8) is 0 Å². The molecule has 3 aromatic rings. The largest absolute Gasteiger partial charge is 0.416 e. The smallest absolute Gasteiger partial charge is 0.368 e. The molecule has 0 radical (unpaired) electrons. The van der Waals surface area contributed by atoms with E-state index < -0.39 is 23.5 Å². The summed E-state index contributed by atoms with van der Waals surface area (Å²) < 4.78 is 51.0. The summed E-state index contributed by atoms with van der Waals surface area (Å²) in [5.74, 6) is -0.497. The number of benzene rings is 2. The highest BCUT2D eigenvalue weighted by atomic mass is 19.4. The minimum atomic E-state index is -4.45. The average molecular weight is 378 g/mol. The van der Waals surface area contributed by atoms with Crippen LogP contribution in [-0.4, -0.2) is 29.0 Å². The summed E-state index contributed by atoms with van der Waals surface area (Å²) >= 11 is 0. The monoisotopic (exact) mass is 378 g/mol. The van der Waals surface area contributed by atoms with Crippen LogP contribution in [0.2, 0.25) is 0 Å². The number of halogens is 4.